The van der Waals surface area contributed by atoms with E-state index in [9.17, 15) is 22.0 Å². The number of halogens is 2. The molecule has 6 nitrogen and oxygen atoms in total. The van der Waals surface area contributed by atoms with E-state index in [1.54, 1.807) is 24.5 Å². The molecule has 9 heteroatoms. The Morgan fingerprint density at radius 2 is 1.75 bits per heavy atom. The minimum atomic E-state index is -4.06. The molecule has 2 aromatic rings. The van der Waals surface area contributed by atoms with Crippen LogP contribution in [0.15, 0.2) is 42.7 Å². The highest BCUT2D eigenvalue weighted by Gasteiger charge is 2.26. The average molecular weight is 355 g/mol. The molecule has 0 unspecified atom stereocenters. The number of aromatic nitrogens is 1. The van der Waals surface area contributed by atoms with Crippen molar-refractivity contribution in [1.29, 1.82) is 0 Å². The van der Waals surface area contributed by atoms with E-state index in [1.165, 1.54) is 0 Å². The number of anilines is 1. The van der Waals surface area contributed by atoms with E-state index >= 15 is 0 Å². The molecule has 1 N–H and O–H groups in total. The van der Waals surface area contributed by atoms with E-state index in [0.29, 0.717) is 4.31 Å². The normalized spacial score (nSPS) is 11.1. The number of hydrogen-bond donors (Lipinski definition) is 1. The first-order valence-corrected chi connectivity index (χ1v) is 8.71. The van der Waals surface area contributed by atoms with Crippen molar-refractivity contribution in [2.75, 3.05) is 17.1 Å². The second-order valence-electron chi connectivity index (χ2n) is 4.97. The number of sulfonamides is 1. The van der Waals surface area contributed by atoms with Crippen LogP contribution in [0.3, 0.4) is 0 Å². The molecular formula is C15H15F2N3O3S. The number of pyridine rings is 1. The highest BCUT2D eigenvalue weighted by atomic mass is 32.2. The number of hydrogen-bond acceptors (Lipinski definition) is 4. The molecule has 0 bridgehead atoms. The molecule has 1 heterocycles. The fourth-order valence-electron chi connectivity index (χ4n) is 1.98. The summed E-state index contributed by atoms with van der Waals surface area (Å²) in [7, 11) is -4.06. The Balaban J connectivity index is 2.17. The van der Waals surface area contributed by atoms with Gasteiger partial charge in [-0.1, -0.05) is 6.07 Å². The quantitative estimate of drug-likeness (QED) is 0.850. The third-order valence-electron chi connectivity index (χ3n) is 3.11. The SMILES string of the molecule is CS(=O)(=O)N(CC(=O)NCc1ccncc1)c1c(F)cccc1F. The molecule has 2 rings (SSSR count). The third kappa shape index (κ3) is 4.48. The minimum absolute atomic E-state index is 0.138. The maximum absolute atomic E-state index is 13.8. The van der Waals surface area contributed by atoms with Gasteiger partial charge in [-0.3, -0.25) is 14.1 Å². The number of nitrogens with zero attached hydrogens (tertiary/aromatic N) is 2. The van der Waals surface area contributed by atoms with Crippen LogP contribution in [0.4, 0.5) is 14.5 Å². The zero-order chi connectivity index (χ0) is 17.7. The van der Waals surface area contributed by atoms with Gasteiger partial charge >= 0.3 is 0 Å². The number of benzene rings is 1. The molecular weight excluding hydrogens is 340 g/mol. The van der Waals surface area contributed by atoms with Crippen molar-refractivity contribution in [1.82, 2.24) is 10.3 Å². The first-order valence-electron chi connectivity index (χ1n) is 6.86. The molecule has 1 aromatic carbocycles. The maximum atomic E-state index is 13.8. The highest BCUT2D eigenvalue weighted by molar-refractivity contribution is 7.92. The van der Waals surface area contributed by atoms with Gasteiger partial charge in [0.2, 0.25) is 15.9 Å². The fourth-order valence-corrected chi connectivity index (χ4v) is 2.83. The molecule has 128 valence electrons. The lowest BCUT2D eigenvalue weighted by Crippen LogP contribution is -2.41. The zero-order valence-electron chi connectivity index (χ0n) is 12.7. The maximum Gasteiger partial charge on any atom is 0.241 e. The Hall–Kier alpha value is -2.55. The summed E-state index contributed by atoms with van der Waals surface area (Å²) in [6.07, 6.45) is 3.85. The van der Waals surface area contributed by atoms with Gasteiger partial charge in [0.05, 0.1) is 6.26 Å². The summed E-state index contributed by atoms with van der Waals surface area (Å²) in [6, 6.07) is 6.30. The summed E-state index contributed by atoms with van der Waals surface area (Å²) in [5, 5.41) is 2.49. The first kappa shape index (κ1) is 17.8. The minimum Gasteiger partial charge on any atom is -0.350 e. The monoisotopic (exact) mass is 355 g/mol. The summed E-state index contributed by atoms with van der Waals surface area (Å²) >= 11 is 0. The Kier molecular flexibility index (Phi) is 5.45. The van der Waals surface area contributed by atoms with Gasteiger partial charge in [0.15, 0.2) is 11.6 Å². The standard InChI is InChI=1S/C15H15F2N3O3S/c1-24(22,23)20(15-12(16)3-2-4-13(15)17)10-14(21)19-9-11-5-7-18-8-6-11/h2-8H,9-10H2,1H3,(H,19,21). The summed E-state index contributed by atoms with van der Waals surface area (Å²) in [5.41, 5.74) is -0.0274. The topological polar surface area (TPSA) is 79.4 Å². The van der Waals surface area contributed by atoms with E-state index in [1.807, 2.05) is 0 Å². The second-order valence-corrected chi connectivity index (χ2v) is 6.88. The Morgan fingerprint density at radius 3 is 2.29 bits per heavy atom. The van der Waals surface area contributed by atoms with Crippen LogP contribution >= 0.6 is 0 Å². The molecule has 0 aliphatic heterocycles. The average Bonchev–Trinajstić information content (AvgIpc) is 2.52. The number of carbonyl (C=O) groups is 1. The second kappa shape index (κ2) is 7.35. The van der Waals surface area contributed by atoms with Gasteiger partial charge < -0.3 is 5.32 Å². The van der Waals surface area contributed by atoms with Crippen molar-refractivity contribution in [3.05, 3.63) is 59.9 Å². The molecule has 0 fully saturated rings. The van der Waals surface area contributed by atoms with Crippen molar-refractivity contribution in [2.24, 2.45) is 0 Å². The van der Waals surface area contributed by atoms with Crippen molar-refractivity contribution in [3.63, 3.8) is 0 Å². The smallest absolute Gasteiger partial charge is 0.241 e. The van der Waals surface area contributed by atoms with Crippen LogP contribution in [-0.4, -0.2) is 32.1 Å². The molecule has 0 saturated heterocycles. The van der Waals surface area contributed by atoms with Crippen LogP contribution < -0.4 is 9.62 Å². The van der Waals surface area contributed by atoms with Crippen LogP contribution in [0.1, 0.15) is 5.56 Å². The van der Waals surface area contributed by atoms with E-state index in [-0.39, 0.29) is 6.54 Å². The zero-order valence-corrected chi connectivity index (χ0v) is 13.6. The van der Waals surface area contributed by atoms with E-state index < -0.39 is 39.8 Å². The summed E-state index contributed by atoms with van der Waals surface area (Å²) in [6.45, 7) is -0.597. The van der Waals surface area contributed by atoms with Crippen molar-refractivity contribution >= 4 is 21.6 Å². The number of para-hydroxylation sites is 1. The van der Waals surface area contributed by atoms with Crippen LogP contribution in [0.2, 0.25) is 0 Å². The van der Waals surface area contributed by atoms with Crippen molar-refractivity contribution in [2.45, 2.75) is 6.54 Å². The van der Waals surface area contributed by atoms with Gasteiger partial charge in [-0.25, -0.2) is 17.2 Å². The summed E-state index contributed by atoms with van der Waals surface area (Å²) in [4.78, 5) is 15.8. The van der Waals surface area contributed by atoms with Gasteiger partial charge in [0.1, 0.15) is 12.2 Å². The highest BCUT2D eigenvalue weighted by Crippen LogP contribution is 2.25. The van der Waals surface area contributed by atoms with Gasteiger partial charge in [-0.05, 0) is 29.8 Å². The van der Waals surface area contributed by atoms with Crippen molar-refractivity contribution < 1.29 is 22.0 Å². The molecule has 0 aliphatic carbocycles. The molecule has 0 aliphatic rings. The van der Waals surface area contributed by atoms with Crippen molar-refractivity contribution in [3.8, 4) is 0 Å². The predicted octanol–water partition coefficient (Wildman–Crippen LogP) is 1.44. The lowest BCUT2D eigenvalue weighted by atomic mass is 10.2. The number of nitrogens with one attached hydrogen (secondary N) is 1. The Labute approximate surface area is 138 Å². The number of amides is 1. The van der Waals surface area contributed by atoms with Crippen LogP contribution in [0.5, 0.6) is 0 Å². The molecule has 24 heavy (non-hydrogen) atoms. The lowest BCUT2D eigenvalue weighted by molar-refractivity contribution is -0.119. The van der Waals surface area contributed by atoms with E-state index in [4.69, 9.17) is 0 Å². The van der Waals surface area contributed by atoms with E-state index in [0.717, 1.165) is 30.0 Å². The predicted molar refractivity (Wildman–Crippen MR) is 84.6 cm³/mol. The van der Waals surface area contributed by atoms with Crippen LogP contribution in [0.25, 0.3) is 0 Å². The Bertz CT molecular complexity index is 809. The molecule has 1 amide bonds. The third-order valence-corrected chi connectivity index (χ3v) is 4.23. The molecule has 0 spiro atoms. The van der Waals surface area contributed by atoms with Gasteiger partial charge in [-0.15, -0.1) is 0 Å². The molecule has 1 aromatic heterocycles. The largest absolute Gasteiger partial charge is 0.350 e. The lowest BCUT2D eigenvalue weighted by Gasteiger charge is -2.22. The first-order chi connectivity index (χ1) is 11.3. The van der Waals surface area contributed by atoms with Gasteiger partial charge in [0.25, 0.3) is 0 Å². The van der Waals surface area contributed by atoms with Crippen LogP contribution in [-0.2, 0) is 21.4 Å². The van der Waals surface area contributed by atoms with Gasteiger partial charge in [-0.2, -0.15) is 0 Å². The van der Waals surface area contributed by atoms with Crippen LogP contribution in [0, 0.1) is 11.6 Å². The molecule has 0 saturated carbocycles. The van der Waals surface area contributed by atoms with Gasteiger partial charge in [0, 0.05) is 18.9 Å². The summed E-state index contributed by atoms with van der Waals surface area (Å²) in [5.74, 6) is -2.83. The molecule has 0 radical (unpaired) electrons. The number of carbonyl (C=O) groups excluding carboxylic acids is 1. The Morgan fingerprint density at radius 1 is 1.17 bits per heavy atom. The number of rotatable bonds is 6. The van der Waals surface area contributed by atoms with E-state index in [2.05, 4.69) is 10.3 Å². The fraction of sp³-hybridized carbons (Fsp3) is 0.200. The summed E-state index contributed by atoms with van der Waals surface area (Å²) < 4.78 is 51.8. The molecule has 0 atom stereocenters.